The van der Waals surface area contributed by atoms with E-state index in [-0.39, 0.29) is 5.91 Å². The van der Waals surface area contributed by atoms with Crippen LogP contribution in [-0.2, 0) is 11.2 Å². The molecule has 28 heavy (non-hydrogen) atoms. The van der Waals surface area contributed by atoms with Gasteiger partial charge in [-0.1, -0.05) is 12.1 Å². The third-order valence-electron chi connectivity index (χ3n) is 5.02. The molecule has 7 heteroatoms. The number of carbonyl (C=O) groups is 1. The van der Waals surface area contributed by atoms with Crippen molar-refractivity contribution in [3.05, 3.63) is 41.1 Å². The fraction of sp³-hybridized carbons (Fsp3) is 0.476. The number of rotatable bonds is 5. The molecule has 1 aromatic carbocycles. The first-order valence-electron chi connectivity index (χ1n) is 9.56. The molecule has 1 aromatic heterocycles. The van der Waals surface area contributed by atoms with Crippen LogP contribution in [0.1, 0.15) is 16.8 Å². The van der Waals surface area contributed by atoms with E-state index < -0.39 is 0 Å². The van der Waals surface area contributed by atoms with Gasteiger partial charge in [-0.3, -0.25) is 4.79 Å². The highest BCUT2D eigenvalue weighted by Gasteiger charge is 2.23. The number of nitrogens with zero attached hydrogens (tertiary/aromatic N) is 5. The SMILES string of the molecule is COc1ccc(CC(=O)N2CCN(c3nc(C)cc(N(C)C)n3)CC2)cc1C. The van der Waals surface area contributed by atoms with E-state index in [0.717, 1.165) is 47.4 Å². The highest BCUT2D eigenvalue weighted by Crippen LogP contribution is 2.20. The Balaban J connectivity index is 1.60. The summed E-state index contributed by atoms with van der Waals surface area (Å²) in [5, 5.41) is 0. The van der Waals surface area contributed by atoms with Crippen LogP contribution in [0.3, 0.4) is 0 Å². The van der Waals surface area contributed by atoms with Crippen LogP contribution in [-0.4, -0.2) is 68.2 Å². The number of methoxy groups -OCH3 is 1. The maximum absolute atomic E-state index is 12.7. The summed E-state index contributed by atoms with van der Waals surface area (Å²) in [6, 6.07) is 7.88. The van der Waals surface area contributed by atoms with Crippen molar-refractivity contribution < 1.29 is 9.53 Å². The van der Waals surface area contributed by atoms with Crippen molar-refractivity contribution in [3.63, 3.8) is 0 Å². The molecule has 0 unspecified atom stereocenters. The summed E-state index contributed by atoms with van der Waals surface area (Å²) in [5.74, 6) is 2.64. The second-order valence-electron chi connectivity index (χ2n) is 7.41. The molecule has 150 valence electrons. The second kappa shape index (κ2) is 8.46. The van der Waals surface area contributed by atoms with Crippen molar-refractivity contribution in [2.24, 2.45) is 0 Å². The Bertz CT molecular complexity index is 845. The van der Waals surface area contributed by atoms with Gasteiger partial charge in [-0.15, -0.1) is 0 Å². The minimum atomic E-state index is 0.156. The Morgan fingerprint density at radius 1 is 1.11 bits per heavy atom. The van der Waals surface area contributed by atoms with Crippen LogP contribution in [0.4, 0.5) is 11.8 Å². The lowest BCUT2D eigenvalue weighted by atomic mass is 10.1. The van der Waals surface area contributed by atoms with Crippen molar-refractivity contribution in [1.29, 1.82) is 0 Å². The molecule has 2 heterocycles. The normalized spacial score (nSPS) is 14.2. The lowest BCUT2D eigenvalue weighted by Crippen LogP contribution is -2.49. The fourth-order valence-corrected chi connectivity index (χ4v) is 3.40. The highest BCUT2D eigenvalue weighted by atomic mass is 16.5. The predicted molar refractivity (Wildman–Crippen MR) is 111 cm³/mol. The molecule has 1 fully saturated rings. The molecule has 2 aromatic rings. The van der Waals surface area contributed by atoms with Crippen molar-refractivity contribution in [1.82, 2.24) is 14.9 Å². The Kier molecular flexibility index (Phi) is 6.02. The van der Waals surface area contributed by atoms with Gasteiger partial charge in [0.25, 0.3) is 0 Å². The Morgan fingerprint density at radius 2 is 1.82 bits per heavy atom. The van der Waals surface area contributed by atoms with Gasteiger partial charge in [-0.05, 0) is 31.0 Å². The van der Waals surface area contributed by atoms with E-state index in [0.29, 0.717) is 19.5 Å². The van der Waals surface area contributed by atoms with Crippen LogP contribution in [0.2, 0.25) is 0 Å². The fourth-order valence-electron chi connectivity index (χ4n) is 3.40. The van der Waals surface area contributed by atoms with Gasteiger partial charge in [0.1, 0.15) is 11.6 Å². The lowest BCUT2D eigenvalue weighted by molar-refractivity contribution is -0.130. The molecular weight excluding hydrogens is 354 g/mol. The summed E-state index contributed by atoms with van der Waals surface area (Å²) in [7, 11) is 5.61. The monoisotopic (exact) mass is 383 g/mol. The van der Waals surface area contributed by atoms with Gasteiger partial charge in [0, 0.05) is 52.0 Å². The first kappa shape index (κ1) is 19.9. The van der Waals surface area contributed by atoms with Gasteiger partial charge in [0.05, 0.1) is 13.5 Å². The molecular formula is C21H29N5O2. The third kappa shape index (κ3) is 4.52. The van der Waals surface area contributed by atoms with E-state index >= 15 is 0 Å². The number of hydrogen-bond donors (Lipinski definition) is 0. The number of carbonyl (C=O) groups excluding carboxylic acids is 1. The smallest absolute Gasteiger partial charge is 0.227 e. The number of aryl methyl sites for hydroxylation is 2. The number of piperazine rings is 1. The summed E-state index contributed by atoms with van der Waals surface area (Å²) in [5.41, 5.74) is 3.01. The molecule has 0 bridgehead atoms. The Morgan fingerprint density at radius 3 is 2.43 bits per heavy atom. The van der Waals surface area contributed by atoms with E-state index in [2.05, 4.69) is 14.9 Å². The van der Waals surface area contributed by atoms with Gasteiger partial charge in [0.15, 0.2) is 0 Å². The summed E-state index contributed by atoms with van der Waals surface area (Å²) < 4.78 is 5.29. The zero-order chi connectivity index (χ0) is 20.3. The molecule has 1 aliphatic rings. The van der Waals surface area contributed by atoms with Gasteiger partial charge >= 0.3 is 0 Å². The summed E-state index contributed by atoms with van der Waals surface area (Å²) in [4.78, 5) is 28.0. The molecule has 1 aliphatic heterocycles. The zero-order valence-electron chi connectivity index (χ0n) is 17.4. The van der Waals surface area contributed by atoms with Gasteiger partial charge in [0.2, 0.25) is 11.9 Å². The Labute approximate surface area is 166 Å². The molecule has 7 nitrogen and oxygen atoms in total. The zero-order valence-corrected chi connectivity index (χ0v) is 17.4. The highest BCUT2D eigenvalue weighted by molar-refractivity contribution is 5.79. The van der Waals surface area contributed by atoms with E-state index in [1.54, 1.807) is 7.11 Å². The van der Waals surface area contributed by atoms with Crippen molar-refractivity contribution >= 4 is 17.7 Å². The van der Waals surface area contributed by atoms with Crippen LogP contribution in [0.15, 0.2) is 24.3 Å². The van der Waals surface area contributed by atoms with Crippen molar-refractivity contribution in [3.8, 4) is 5.75 Å². The first-order valence-corrected chi connectivity index (χ1v) is 9.56. The molecule has 3 rings (SSSR count). The predicted octanol–water partition coefficient (Wildman–Crippen LogP) is 2.06. The quantitative estimate of drug-likeness (QED) is 0.788. The van der Waals surface area contributed by atoms with Crippen LogP contribution in [0.25, 0.3) is 0 Å². The summed E-state index contributed by atoms with van der Waals surface area (Å²) >= 11 is 0. The van der Waals surface area contributed by atoms with Gasteiger partial charge < -0.3 is 19.4 Å². The molecule has 0 N–H and O–H groups in total. The van der Waals surface area contributed by atoms with E-state index in [4.69, 9.17) is 4.74 Å². The molecule has 0 spiro atoms. The standard InChI is InChI=1S/C21H29N5O2/c1-15-12-17(6-7-18(15)28-5)14-20(27)25-8-10-26(11-9-25)21-22-16(2)13-19(23-21)24(3)4/h6-7,12-13H,8-11,14H2,1-5H3. The second-order valence-corrected chi connectivity index (χ2v) is 7.41. The largest absolute Gasteiger partial charge is 0.496 e. The number of hydrogen-bond acceptors (Lipinski definition) is 6. The summed E-state index contributed by atoms with van der Waals surface area (Å²) in [6.45, 7) is 6.82. The summed E-state index contributed by atoms with van der Waals surface area (Å²) in [6.07, 6.45) is 0.413. The number of anilines is 2. The van der Waals surface area contributed by atoms with Crippen molar-refractivity contribution in [2.75, 3.05) is 57.2 Å². The molecule has 0 atom stereocenters. The molecule has 0 saturated carbocycles. The minimum Gasteiger partial charge on any atom is -0.496 e. The van der Waals surface area contributed by atoms with E-state index in [9.17, 15) is 4.79 Å². The Hall–Kier alpha value is -2.83. The number of benzene rings is 1. The first-order chi connectivity index (χ1) is 13.4. The molecule has 0 aliphatic carbocycles. The molecule has 0 radical (unpaired) electrons. The molecule has 1 amide bonds. The minimum absolute atomic E-state index is 0.156. The molecule has 1 saturated heterocycles. The van der Waals surface area contributed by atoms with E-state index in [1.165, 1.54) is 0 Å². The number of ether oxygens (including phenoxy) is 1. The topological polar surface area (TPSA) is 61.8 Å². The van der Waals surface area contributed by atoms with Gasteiger partial charge in [-0.2, -0.15) is 4.98 Å². The third-order valence-corrected chi connectivity index (χ3v) is 5.02. The number of amides is 1. The van der Waals surface area contributed by atoms with Crippen molar-refractivity contribution in [2.45, 2.75) is 20.3 Å². The van der Waals surface area contributed by atoms with E-state index in [1.807, 2.05) is 62.0 Å². The van der Waals surface area contributed by atoms with Crippen LogP contribution in [0, 0.1) is 13.8 Å². The maximum Gasteiger partial charge on any atom is 0.227 e. The van der Waals surface area contributed by atoms with Crippen LogP contribution >= 0.6 is 0 Å². The van der Waals surface area contributed by atoms with Crippen LogP contribution < -0.4 is 14.5 Å². The average molecular weight is 383 g/mol. The van der Waals surface area contributed by atoms with Gasteiger partial charge in [-0.25, -0.2) is 4.98 Å². The maximum atomic E-state index is 12.7. The average Bonchev–Trinajstić information content (AvgIpc) is 2.67. The number of aromatic nitrogens is 2. The van der Waals surface area contributed by atoms with Crippen LogP contribution in [0.5, 0.6) is 5.75 Å². The lowest BCUT2D eigenvalue weighted by Gasteiger charge is -2.35.